The van der Waals surface area contributed by atoms with Crippen molar-refractivity contribution in [3.05, 3.63) is 42.1 Å². The van der Waals surface area contributed by atoms with E-state index in [1.54, 1.807) is 6.20 Å². The number of pyridine rings is 1. The van der Waals surface area contributed by atoms with Crippen molar-refractivity contribution in [1.29, 1.82) is 0 Å². The van der Waals surface area contributed by atoms with E-state index in [1.165, 1.54) is 6.07 Å². The first-order valence-corrected chi connectivity index (χ1v) is 11.2. The van der Waals surface area contributed by atoms with Crippen LogP contribution in [0.4, 0.5) is 19.0 Å². The van der Waals surface area contributed by atoms with Gasteiger partial charge in [0.25, 0.3) is 0 Å². The Hall–Kier alpha value is -3.14. The number of aliphatic carboxylic acids is 1. The summed E-state index contributed by atoms with van der Waals surface area (Å²) in [5.74, 6) is 0.429. The average molecular weight is 476 g/mol. The molecule has 10 heteroatoms. The number of carboxylic acids is 1. The Morgan fingerprint density at radius 2 is 2.12 bits per heavy atom. The largest absolute Gasteiger partial charge is 0.481 e. The van der Waals surface area contributed by atoms with Crippen LogP contribution in [-0.2, 0) is 15.7 Å². The van der Waals surface area contributed by atoms with Gasteiger partial charge in [0.1, 0.15) is 11.6 Å². The highest BCUT2D eigenvalue weighted by atomic mass is 19.4. The number of ether oxygens (including phenoxy) is 1. The molecule has 0 radical (unpaired) electrons. The second-order valence-electron chi connectivity index (χ2n) is 8.91. The summed E-state index contributed by atoms with van der Waals surface area (Å²) < 4.78 is 44.9. The average Bonchev–Trinajstić information content (AvgIpc) is 3.40. The molecule has 0 aliphatic carbocycles. The van der Waals surface area contributed by atoms with E-state index in [9.17, 15) is 18.0 Å². The number of H-pyrrole nitrogens is 1. The Kier molecular flexibility index (Phi) is 6.53. The number of fused-ring (bicyclic) bond motifs is 1. The number of nitrogens with one attached hydrogen (secondary N) is 1. The summed E-state index contributed by atoms with van der Waals surface area (Å²) in [6, 6.07) is 7.08. The monoisotopic (exact) mass is 476 g/mol. The molecular weight excluding hydrogens is 449 g/mol. The number of aromatic nitrogens is 3. The van der Waals surface area contributed by atoms with E-state index in [0.717, 1.165) is 37.2 Å². The number of nitrogens with zero attached hydrogens (tertiary/aromatic N) is 3. The van der Waals surface area contributed by atoms with Crippen LogP contribution >= 0.6 is 0 Å². The molecule has 2 N–H and O–H groups in total. The van der Waals surface area contributed by atoms with Crippen molar-refractivity contribution >= 4 is 22.8 Å². The normalized spacial score (nSPS) is 20.7. The van der Waals surface area contributed by atoms with Gasteiger partial charge in [0.05, 0.1) is 35.2 Å². The first-order chi connectivity index (χ1) is 16.1. The van der Waals surface area contributed by atoms with Gasteiger partial charge in [-0.25, -0.2) is 9.97 Å². The third-order valence-corrected chi connectivity index (χ3v) is 6.52. The van der Waals surface area contributed by atoms with Gasteiger partial charge in [0.2, 0.25) is 0 Å². The predicted octanol–water partition coefficient (Wildman–Crippen LogP) is 5.13. The van der Waals surface area contributed by atoms with Crippen LogP contribution in [0.1, 0.15) is 38.2 Å². The maximum Gasteiger partial charge on any atom is 0.416 e. The quantitative estimate of drug-likeness (QED) is 0.468. The molecule has 1 aliphatic rings. The highest BCUT2D eigenvalue weighted by molar-refractivity contribution is 5.80. The number of aromatic amines is 1. The number of benzene rings is 1. The van der Waals surface area contributed by atoms with Crippen molar-refractivity contribution in [2.24, 2.45) is 5.92 Å². The predicted molar refractivity (Wildman–Crippen MR) is 122 cm³/mol. The number of rotatable bonds is 8. The summed E-state index contributed by atoms with van der Waals surface area (Å²) in [5, 5.41) is 9.05. The number of hydrogen-bond donors (Lipinski definition) is 2. The minimum atomic E-state index is -4.41. The van der Waals surface area contributed by atoms with Gasteiger partial charge in [-0.1, -0.05) is 6.92 Å². The molecule has 34 heavy (non-hydrogen) atoms. The standard InChI is InChI=1S/C24H27F3N4O3/c1-3-23(12-15(14-34-23)10-21(32)33)8-9-31(2)20-7-4-16(13-28-20)22-29-18-6-5-17(24(25,26)27)11-19(18)30-22/h4-7,11,13,15H,3,8-10,12,14H2,1-2H3,(H,29,30)(H,32,33). The maximum absolute atomic E-state index is 13.0. The van der Waals surface area contributed by atoms with Crippen molar-refractivity contribution in [1.82, 2.24) is 15.0 Å². The molecule has 0 saturated carbocycles. The lowest BCUT2D eigenvalue weighted by atomic mass is 9.87. The highest BCUT2D eigenvalue weighted by Gasteiger charge is 2.39. The summed E-state index contributed by atoms with van der Waals surface area (Å²) in [5.41, 5.74) is 0.386. The van der Waals surface area contributed by atoms with Gasteiger partial charge in [-0.2, -0.15) is 13.2 Å². The molecule has 1 aromatic carbocycles. The van der Waals surface area contributed by atoms with Crippen LogP contribution in [0.15, 0.2) is 36.5 Å². The molecule has 1 saturated heterocycles. The number of halogens is 3. The number of carbonyl (C=O) groups is 1. The molecule has 7 nitrogen and oxygen atoms in total. The van der Waals surface area contributed by atoms with Crippen molar-refractivity contribution in [2.45, 2.75) is 44.4 Å². The van der Waals surface area contributed by atoms with Crippen LogP contribution in [0.5, 0.6) is 0 Å². The lowest BCUT2D eigenvalue weighted by Crippen LogP contribution is -2.33. The Morgan fingerprint density at radius 1 is 1.32 bits per heavy atom. The zero-order valence-electron chi connectivity index (χ0n) is 19.0. The molecule has 2 aromatic heterocycles. The summed E-state index contributed by atoms with van der Waals surface area (Å²) in [6.07, 6.45) is -0.350. The van der Waals surface area contributed by atoms with Crippen LogP contribution in [0, 0.1) is 5.92 Å². The molecule has 0 amide bonds. The van der Waals surface area contributed by atoms with Crippen LogP contribution in [0.25, 0.3) is 22.4 Å². The topological polar surface area (TPSA) is 91.3 Å². The Labute approximate surface area is 195 Å². The second kappa shape index (κ2) is 9.25. The minimum Gasteiger partial charge on any atom is -0.481 e. The maximum atomic E-state index is 13.0. The molecule has 1 aliphatic heterocycles. The Bertz CT molecular complexity index is 1160. The lowest BCUT2D eigenvalue weighted by molar-refractivity contribution is -0.138. The van der Waals surface area contributed by atoms with Crippen molar-refractivity contribution in [3.8, 4) is 11.4 Å². The van der Waals surface area contributed by atoms with E-state index in [4.69, 9.17) is 9.84 Å². The molecule has 0 spiro atoms. The molecule has 4 rings (SSSR count). The van der Waals surface area contributed by atoms with Gasteiger partial charge in [-0.05, 0) is 55.5 Å². The summed E-state index contributed by atoms with van der Waals surface area (Å²) in [7, 11) is 1.93. The molecule has 2 unspecified atom stereocenters. The minimum absolute atomic E-state index is 0.0381. The van der Waals surface area contributed by atoms with Gasteiger partial charge >= 0.3 is 12.1 Å². The first-order valence-electron chi connectivity index (χ1n) is 11.2. The smallest absolute Gasteiger partial charge is 0.416 e. The van der Waals surface area contributed by atoms with Crippen molar-refractivity contribution in [3.63, 3.8) is 0 Å². The third kappa shape index (κ3) is 5.16. The molecule has 182 valence electrons. The van der Waals surface area contributed by atoms with E-state index < -0.39 is 17.7 Å². The number of anilines is 1. The van der Waals surface area contributed by atoms with Crippen LogP contribution in [-0.4, -0.2) is 51.8 Å². The summed E-state index contributed by atoms with van der Waals surface area (Å²) >= 11 is 0. The van der Waals surface area contributed by atoms with Gasteiger partial charge in [0, 0.05) is 25.4 Å². The summed E-state index contributed by atoms with van der Waals surface area (Å²) in [6.45, 7) is 3.21. The number of imidazole rings is 1. The molecular formula is C24H27F3N4O3. The Morgan fingerprint density at radius 3 is 2.76 bits per heavy atom. The molecule has 3 heterocycles. The second-order valence-corrected chi connectivity index (χ2v) is 8.91. The molecule has 2 atom stereocenters. The van der Waals surface area contributed by atoms with Crippen LogP contribution < -0.4 is 4.90 Å². The fourth-order valence-corrected chi connectivity index (χ4v) is 4.47. The zero-order valence-corrected chi connectivity index (χ0v) is 19.0. The van der Waals surface area contributed by atoms with Gasteiger partial charge in [-0.15, -0.1) is 0 Å². The molecule has 0 bridgehead atoms. The van der Waals surface area contributed by atoms with Crippen molar-refractivity contribution < 1.29 is 27.8 Å². The summed E-state index contributed by atoms with van der Waals surface area (Å²) in [4.78, 5) is 24.8. The van der Waals surface area contributed by atoms with Gasteiger partial charge in [-0.3, -0.25) is 4.79 Å². The van der Waals surface area contributed by atoms with Gasteiger partial charge in [0.15, 0.2) is 0 Å². The van der Waals surface area contributed by atoms with E-state index in [0.29, 0.717) is 35.6 Å². The number of carboxylic acid groups (broad SMARTS) is 1. The molecule has 3 aromatic rings. The first kappa shape index (κ1) is 24.0. The highest BCUT2D eigenvalue weighted by Crippen LogP contribution is 2.37. The van der Waals surface area contributed by atoms with Crippen molar-refractivity contribution in [2.75, 3.05) is 25.1 Å². The number of hydrogen-bond acceptors (Lipinski definition) is 5. The van der Waals surface area contributed by atoms with Crippen LogP contribution in [0.3, 0.4) is 0 Å². The molecule has 1 fully saturated rings. The Balaban J connectivity index is 1.42. The van der Waals surface area contributed by atoms with Gasteiger partial charge < -0.3 is 19.7 Å². The van der Waals surface area contributed by atoms with Crippen LogP contribution in [0.2, 0.25) is 0 Å². The van der Waals surface area contributed by atoms with E-state index in [2.05, 4.69) is 21.9 Å². The third-order valence-electron chi connectivity index (χ3n) is 6.52. The fraction of sp³-hybridized carbons (Fsp3) is 0.458. The zero-order chi connectivity index (χ0) is 24.5. The van der Waals surface area contributed by atoms with E-state index in [-0.39, 0.29) is 17.9 Å². The lowest BCUT2D eigenvalue weighted by Gasteiger charge is -2.30. The van der Waals surface area contributed by atoms with E-state index >= 15 is 0 Å². The number of alkyl halides is 3. The fourth-order valence-electron chi connectivity index (χ4n) is 4.47. The SMILES string of the molecule is CCC1(CCN(C)c2ccc(-c3nc4ccc(C(F)(F)F)cc4[nH]3)cn2)CC(CC(=O)O)CO1. The van der Waals surface area contributed by atoms with E-state index in [1.807, 2.05) is 24.1 Å².